The van der Waals surface area contributed by atoms with Gasteiger partial charge in [0, 0.05) is 6.61 Å². The number of carbonyl (C=O) groups excluding carboxylic acids is 1. The predicted molar refractivity (Wildman–Crippen MR) is 72.3 cm³/mol. The lowest BCUT2D eigenvalue weighted by Gasteiger charge is -2.11. The Morgan fingerprint density at radius 1 is 1.37 bits per heavy atom. The molecule has 4 heteroatoms. The van der Waals surface area contributed by atoms with Crippen molar-refractivity contribution in [3.8, 4) is 11.8 Å². The topological polar surface area (TPSA) is 59.3 Å². The van der Waals surface area contributed by atoms with E-state index in [4.69, 9.17) is 14.7 Å². The van der Waals surface area contributed by atoms with Gasteiger partial charge in [-0.1, -0.05) is 13.8 Å². The van der Waals surface area contributed by atoms with E-state index in [9.17, 15) is 4.79 Å². The molecule has 1 rings (SSSR count). The minimum atomic E-state index is -0.0809. The molecule has 102 valence electrons. The van der Waals surface area contributed by atoms with Crippen LogP contribution >= 0.6 is 0 Å². The van der Waals surface area contributed by atoms with Crippen molar-refractivity contribution in [3.63, 3.8) is 0 Å². The Morgan fingerprint density at radius 2 is 2.11 bits per heavy atom. The summed E-state index contributed by atoms with van der Waals surface area (Å²) in [7, 11) is 0. The summed E-state index contributed by atoms with van der Waals surface area (Å²) in [5, 5.41) is 8.85. The Morgan fingerprint density at radius 3 is 2.68 bits per heavy atom. The van der Waals surface area contributed by atoms with Crippen LogP contribution in [0.25, 0.3) is 0 Å². The molecule has 0 N–H and O–H groups in total. The van der Waals surface area contributed by atoms with Gasteiger partial charge in [0.2, 0.25) is 0 Å². The number of ether oxygens (including phenoxy) is 2. The highest BCUT2D eigenvalue weighted by Crippen LogP contribution is 2.20. The van der Waals surface area contributed by atoms with Crippen molar-refractivity contribution in [2.75, 3.05) is 19.8 Å². The molecule has 0 aliphatic carbocycles. The quantitative estimate of drug-likeness (QED) is 0.559. The lowest BCUT2D eigenvalue weighted by atomic mass is 10.1. The highest BCUT2D eigenvalue weighted by molar-refractivity contribution is 5.97. The average molecular weight is 261 g/mol. The fourth-order valence-electron chi connectivity index (χ4n) is 1.53. The summed E-state index contributed by atoms with van der Waals surface area (Å²) in [6.45, 7) is 7.13. The first-order valence-electron chi connectivity index (χ1n) is 6.30. The molecule has 0 aromatic heterocycles. The van der Waals surface area contributed by atoms with Crippen LogP contribution in [0, 0.1) is 17.2 Å². The SMILES string of the molecule is CC(=O)c1ccc(C#N)cc1OCCOCC(C)C. The van der Waals surface area contributed by atoms with Crippen molar-refractivity contribution >= 4 is 5.78 Å². The molecule has 0 saturated heterocycles. The number of benzene rings is 1. The Labute approximate surface area is 113 Å². The van der Waals surface area contributed by atoms with E-state index in [0.29, 0.717) is 42.6 Å². The smallest absolute Gasteiger partial charge is 0.163 e. The molecule has 0 bridgehead atoms. The largest absolute Gasteiger partial charge is 0.490 e. The lowest BCUT2D eigenvalue weighted by Crippen LogP contribution is -2.11. The first-order valence-corrected chi connectivity index (χ1v) is 6.30. The van der Waals surface area contributed by atoms with Crippen LogP contribution in [0.2, 0.25) is 0 Å². The zero-order chi connectivity index (χ0) is 14.3. The molecule has 0 amide bonds. The van der Waals surface area contributed by atoms with Gasteiger partial charge < -0.3 is 9.47 Å². The number of Topliss-reactive ketones (excluding diaryl/α,β-unsaturated/α-hetero) is 1. The third kappa shape index (κ3) is 5.11. The second-order valence-corrected chi connectivity index (χ2v) is 4.70. The van der Waals surface area contributed by atoms with Crippen LogP contribution in [-0.4, -0.2) is 25.6 Å². The van der Waals surface area contributed by atoms with E-state index in [0.717, 1.165) is 0 Å². The summed E-state index contributed by atoms with van der Waals surface area (Å²) in [6, 6.07) is 6.84. The minimum absolute atomic E-state index is 0.0809. The number of hydrogen-bond acceptors (Lipinski definition) is 4. The molecule has 0 radical (unpaired) electrons. The molecule has 0 atom stereocenters. The van der Waals surface area contributed by atoms with E-state index in [2.05, 4.69) is 13.8 Å². The van der Waals surface area contributed by atoms with Crippen LogP contribution in [0.15, 0.2) is 18.2 Å². The number of nitrogens with zero attached hydrogens (tertiary/aromatic N) is 1. The number of carbonyl (C=O) groups is 1. The van der Waals surface area contributed by atoms with Crippen molar-refractivity contribution in [2.45, 2.75) is 20.8 Å². The predicted octanol–water partition coefficient (Wildman–Crippen LogP) is 2.81. The number of ketones is 1. The number of hydrogen-bond donors (Lipinski definition) is 0. The first kappa shape index (κ1) is 15.2. The third-order valence-corrected chi connectivity index (χ3v) is 2.43. The van der Waals surface area contributed by atoms with E-state index in [1.807, 2.05) is 6.07 Å². The highest BCUT2D eigenvalue weighted by Gasteiger charge is 2.09. The first-order chi connectivity index (χ1) is 9.04. The summed E-state index contributed by atoms with van der Waals surface area (Å²) in [6.07, 6.45) is 0. The van der Waals surface area contributed by atoms with Gasteiger partial charge in [0.25, 0.3) is 0 Å². The highest BCUT2D eigenvalue weighted by atomic mass is 16.5. The standard InChI is InChI=1S/C15H19NO3/c1-11(2)10-18-6-7-19-15-8-13(9-16)4-5-14(15)12(3)17/h4-5,8,11H,6-7,10H2,1-3H3. The molecule has 1 aromatic carbocycles. The van der Waals surface area contributed by atoms with Gasteiger partial charge in [0.1, 0.15) is 12.4 Å². The maximum absolute atomic E-state index is 11.4. The van der Waals surface area contributed by atoms with Gasteiger partial charge in [-0.25, -0.2) is 0 Å². The Balaban J connectivity index is 2.60. The number of nitriles is 1. The summed E-state index contributed by atoms with van der Waals surface area (Å²) < 4.78 is 10.9. The molecular formula is C15H19NO3. The maximum atomic E-state index is 11.4. The fraction of sp³-hybridized carbons (Fsp3) is 0.467. The maximum Gasteiger partial charge on any atom is 0.163 e. The summed E-state index contributed by atoms with van der Waals surface area (Å²) in [5.74, 6) is 0.844. The van der Waals surface area contributed by atoms with Gasteiger partial charge in [0.05, 0.1) is 23.8 Å². The van der Waals surface area contributed by atoms with Crippen molar-refractivity contribution in [1.82, 2.24) is 0 Å². The van der Waals surface area contributed by atoms with Crippen LogP contribution in [-0.2, 0) is 4.74 Å². The van der Waals surface area contributed by atoms with Gasteiger partial charge in [-0.05, 0) is 31.0 Å². The molecule has 1 aromatic rings. The molecule has 0 saturated carbocycles. The normalized spacial score (nSPS) is 10.3. The molecule has 0 heterocycles. The zero-order valence-electron chi connectivity index (χ0n) is 11.6. The van der Waals surface area contributed by atoms with Crippen LogP contribution < -0.4 is 4.74 Å². The van der Waals surface area contributed by atoms with Crippen molar-refractivity contribution < 1.29 is 14.3 Å². The van der Waals surface area contributed by atoms with Gasteiger partial charge in [-0.15, -0.1) is 0 Å². The molecule has 0 unspecified atom stereocenters. The van der Waals surface area contributed by atoms with Gasteiger partial charge in [-0.3, -0.25) is 4.79 Å². The van der Waals surface area contributed by atoms with Crippen molar-refractivity contribution in [2.24, 2.45) is 5.92 Å². The van der Waals surface area contributed by atoms with Gasteiger partial charge in [-0.2, -0.15) is 5.26 Å². The van der Waals surface area contributed by atoms with E-state index >= 15 is 0 Å². The van der Waals surface area contributed by atoms with E-state index in [-0.39, 0.29) is 5.78 Å². The summed E-state index contributed by atoms with van der Waals surface area (Å²) >= 11 is 0. The second kappa shape index (κ2) is 7.55. The second-order valence-electron chi connectivity index (χ2n) is 4.70. The molecule has 0 aliphatic rings. The van der Waals surface area contributed by atoms with Crippen molar-refractivity contribution in [1.29, 1.82) is 5.26 Å². The Bertz CT molecular complexity index is 475. The Kier molecular flexibility index (Phi) is 6.04. The fourth-order valence-corrected chi connectivity index (χ4v) is 1.53. The average Bonchev–Trinajstić information content (AvgIpc) is 2.37. The number of rotatable bonds is 7. The van der Waals surface area contributed by atoms with Gasteiger partial charge in [0.15, 0.2) is 5.78 Å². The third-order valence-electron chi connectivity index (χ3n) is 2.43. The summed E-state index contributed by atoms with van der Waals surface area (Å²) in [4.78, 5) is 11.4. The molecule has 19 heavy (non-hydrogen) atoms. The Hall–Kier alpha value is -1.86. The lowest BCUT2D eigenvalue weighted by molar-refractivity contribution is 0.0810. The molecular weight excluding hydrogens is 242 g/mol. The van der Waals surface area contributed by atoms with E-state index < -0.39 is 0 Å². The van der Waals surface area contributed by atoms with Crippen LogP contribution in [0.4, 0.5) is 0 Å². The van der Waals surface area contributed by atoms with Crippen LogP contribution in [0.5, 0.6) is 5.75 Å². The van der Waals surface area contributed by atoms with Crippen molar-refractivity contribution in [3.05, 3.63) is 29.3 Å². The molecule has 0 fully saturated rings. The molecule has 0 aliphatic heterocycles. The molecule has 4 nitrogen and oxygen atoms in total. The van der Waals surface area contributed by atoms with Crippen LogP contribution in [0.3, 0.4) is 0 Å². The van der Waals surface area contributed by atoms with E-state index in [1.54, 1.807) is 18.2 Å². The summed E-state index contributed by atoms with van der Waals surface area (Å²) in [5.41, 5.74) is 0.964. The van der Waals surface area contributed by atoms with E-state index in [1.165, 1.54) is 6.92 Å². The molecule has 0 spiro atoms. The monoisotopic (exact) mass is 261 g/mol. The zero-order valence-corrected chi connectivity index (χ0v) is 11.6. The van der Waals surface area contributed by atoms with Crippen LogP contribution in [0.1, 0.15) is 36.7 Å². The minimum Gasteiger partial charge on any atom is -0.490 e. The van der Waals surface area contributed by atoms with Gasteiger partial charge >= 0.3 is 0 Å².